The molecule has 1 aliphatic heterocycles. The van der Waals surface area contributed by atoms with Crippen molar-refractivity contribution in [2.45, 2.75) is 91.3 Å². The van der Waals surface area contributed by atoms with Crippen LogP contribution in [0.5, 0.6) is 0 Å². The molecule has 3 atom stereocenters. The zero-order valence-corrected chi connectivity index (χ0v) is 16.2. The monoisotopic (exact) mass is 336 g/mol. The third-order valence-corrected chi connectivity index (χ3v) is 7.47. The van der Waals surface area contributed by atoms with E-state index in [1.54, 1.807) is 0 Å². The molecule has 0 radical (unpaired) electrons. The maximum atomic E-state index is 12.5. The van der Waals surface area contributed by atoms with E-state index in [1.807, 2.05) is 0 Å². The fraction of sp³-hybridized carbons (Fsp3) is 0.950. The number of carbonyl (C=O) groups excluding carboxylic acids is 1. The molecule has 1 saturated heterocycles. The largest absolute Gasteiger partial charge is 0.377 e. The second kappa shape index (κ2) is 6.51. The Morgan fingerprint density at radius 2 is 1.79 bits per heavy atom. The van der Waals surface area contributed by atoms with Crippen LogP contribution >= 0.6 is 0 Å². The van der Waals surface area contributed by atoms with Crippen molar-refractivity contribution < 1.29 is 9.53 Å². The summed E-state index contributed by atoms with van der Waals surface area (Å²) in [4.78, 5) is 12.5. The number of hydrogen-bond donors (Lipinski definition) is 2. The van der Waals surface area contributed by atoms with Gasteiger partial charge in [-0.25, -0.2) is 4.79 Å². The lowest BCUT2D eigenvalue weighted by molar-refractivity contribution is -0.108. The van der Waals surface area contributed by atoms with Crippen molar-refractivity contribution in [3.8, 4) is 0 Å². The Balaban J connectivity index is 1.45. The third kappa shape index (κ3) is 3.18. The van der Waals surface area contributed by atoms with E-state index in [0.29, 0.717) is 23.5 Å². The molecule has 3 fully saturated rings. The zero-order valence-electron chi connectivity index (χ0n) is 16.2. The lowest BCUT2D eigenvalue weighted by Crippen LogP contribution is -2.68. The second-order valence-electron chi connectivity index (χ2n) is 9.55. The first-order chi connectivity index (χ1) is 11.3. The van der Waals surface area contributed by atoms with Crippen molar-refractivity contribution in [3.63, 3.8) is 0 Å². The minimum absolute atomic E-state index is 0.0247. The van der Waals surface area contributed by atoms with Gasteiger partial charge in [0.05, 0.1) is 6.10 Å². The van der Waals surface area contributed by atoms with E-state index in [4.69, 9.17) is 4.74 Å². The quantitative estimate of drug-likeness (QED) is 0.812. The van der Waals surface area contributed by atoms with Crippen molar-refractivity contribution in [3.05, 3.63) is 0 Å². The molecule has 0 aromatic heterocycles. The molecule has 4 nitrogen and oxygen atoms in total. The van der Waals surface area contributed by atoms with Gasteiger partial charge in [0.15, 0.2) is 0 Å². The fourth-order valence-electron chi connectivity index (χ4n) is 5.29. The van der Waals surface area contributed by atoms with E-state index in [1.165, 1.54) is 19.3 Å². The molecule has 0 aromatic carbocycles. The molecule has 4 heteroatoms. The van der Waals surface area contributed by atoms with E-state index in [9.17, 15) is 4.79 Å². The summed E-state index contributed by atoms with van der Waals surface area (Å²) >= 11 is 0. The molecule has 3 rings (SSSR count). The second-order valence-corrected chi connectivity index (χ2v) is 9.55. The number of fused-ring (bicyclic) bond motifs is 1. The van der Waals surface area contributed by atoms with Gasteiger partial charge in [-0.2, -0.15) is 0 Å². The van der Waals surface area contributed by atoms with Crippen molar-refractivity contribution in [1.29, 1.82) is 0 Å². The summed E-state index contributed by atoms with van der Waals surface area (Å²) in [7, 11) is 0. The first kappa shape index (κ1) is 18.0. The summed E-state index contributed by atoms with van der Waals surface area (Å²) < 4.78 is 5.81. The molecule has 3 aliphatic rings. The van der Waals surface area contributed by atoms with Gasteiger partial charge in [-0.3, -0.25) is 0 Å². The molecule has 1 heterocycles. The fourth-order valence-corrected chi connectivity index (χ4v) is 5.29. The average molecular weight is 337 g/mol. The van der Waals surface area contributed by atoms with Crippen LogP contribution in [0.15, 0.2) is 0 Å². The molecule has 24 heavy (non-hydrogen) atoms. The summed E-state index contributed by atoms with van der Waals surface area (Å²) in [6.07, 6.45) is 7.34. The summed E-state index contributed by atoms with van der Waals surface area (Å²) in [5.41, 5.74) is 0.488. The third-order valence-electron chi connectivity index (χ3n) is 7.47. The lowest BCUT2D eigenvalue weighted by Gasteiger charge is -2.54. The predicted molar refractivity (Wildman–Crippen MR) is 96.9 cm³/mol. The predicted octanol–water partition coefficient (Wildman–Crippen LogP) is 4.09. The summed E-state index contributed by atoms with van der Waals surface area (Å²) in [6.45, 7) is 12.3. The Labute approximate surface area is 147 Å². The summed E-state index contributed by atoms with van der Waals surface area (Å²) in [5.74, 6) is 1.30. The Bertz CT molecular complexity index is 466. The van der Waals surface area contributed by atoms with Crippen molar-refractivity contribution in [1.82, 2.24) is 10.6 Å². The SMILES string of the molecule is CCC(C)(C)C1CCC(NC(=O)N[C@@H]2[C@H]3CCO[C@H]3C2(C)C)CC1. The molecule has 138 valence electrons. The molecular formula is C20H36N2O2. The van der Waals surface area contributed by atoms with Gasteiger partial charge in [0.2, 0.25) is 0 Å². The zero-order chi connectivity index (χ0) is 17.5. The number of ether oxygens (including phenoxy) is 1. The minimum atomic E-state index is 0.0247. The first-order valence-electron chi connectivity index (χ1n) is 9.94. The van der Waals surface area contributed by atoms with E-state index in [2.05, 4.69) is 45.3 Å². The van der Waals surface area contributed by atoms with Gasteiger partial charge in [-0.05, 0) is 43.4 Å². The van der Waals surface area contributed by atoms with Gasteiger partial charge in [0, 0.05) is 30.0 Å². The van der Waals surface area contributed by atoms with Gasteiger partial charge in [0.1, 0.15) is 0 Å². The molecule has 0 bridgehead atoms. The van der Waals surface area contributed by atoms with Crippen LogP contribution in [-0.4, -0.2) is 30.8 Å². The van der Waals surface area contributed by atoms with Crippen LogP contribution in [0.1, 0.15) is 73.1 Å². The Hall–Kier alpha value is -0.770. The van der Waals surface area contributed by atoms with E-state index >= 15 is 0 Å². The van der Waals surface area contributed by atoms with Crippen LogP contribution in [0, 0.1) is 22.7 Å². The van der Waals surface area contributed by atoms with E-state index in [-0.39, 0.29) is 17.5 Å². The number of urea groups is 1. The van der Waals surface area contributed by atoms with Gasteiger partial charge in [-0.1, -0.05) is 41.0 Å². The topological polar surface area (TPSA) is 50.4 Å². The smallest absolute Gasteiger partial charge is 0.315 e. The normalized spacial score (nSPS) is 38.1. The molecule has 2 N–H and O–H groups in total. The van der Waals surface area contributed by atoms with E-state index < -0.39 is 0 Å². The average Bonchev–Trinajstić information content (AvgIpc) is 3.00. The van der Waals surface area contributed by atoms with Crippen LogP contribution < -0.4 is 10.6 Å². The van der Waals surface area contributed by atoms with Crippen LogP contribution in [0.2, 0.25) is 0 Å². The molecule has 0 aromatic rings. The number of hydrogen-bond acceptors (Lipinski definition) is 2. The molecule has 2 aliphatic carbocycles. The van der Waals surface area contributed by atoms with Crippen LogP contribution in [-0.2, 0) is 4.74 Å². The summed E-state index contributed by atoms with van der Waals surface area (Å²) in [5, 5.41) is 6.48. The number of amides is 2. The maximum Gasteiger partial charge on any atom is 0.315 e. The van der Waals surface area contributed by atoms with Crippen LogP contribution in [0.3, 0.4) is 0 Å². The first-order valence-corrected chi connectivity index (χ1v) is 9.94. The summed E-state index contributed by atoms with van der Waals surface area (Å²) in [6, 6.07) is 0.615. The van der Waals surface area contributed by atoms with Gasteiger partial charge in [0.25, 0.3) is 0 Å². The van der Waals surface area contributed by atoms with Crippen molar-refractivity contribution in [2.75, 3.05) is 6.61 Å². The highest BCUT2D eigenvalue weighted by atomic mass is 16.5. The minimum Gasteiger partial charge on any atom is -0.377 e. The van der Waals surface area contributed by atoms with Crippen LogP contribution in [0.25, 0.3) is 0 Å². The highest BCUT2D eigenvalue weighted by Crippen LogP contribution is 2.52. The Morgan fingerprint density at radius 1 is 1.12 bits per heavy atom. The van der Waals surface area contributed by atoms with Gasteiger partial charge >= 0.3 is 6.03 Å². The van der Waals surface area contributed by atoms with Gasteiger partial charge < -0.3 is 15.4 Å². The number of rotatable bonds is 4. The molecule has 2 saturated carbocycles. The Kier molecular flexibility index (Phi) is 4.89. The molecule has 0 unspecified atom stereocenters. The molecule has 2 amide bonds. The Morgan fingerprint density at radius 3 is 2.42 bits per heavy atom. The molecule has 0 spiro atoms. The van der Waals surface area contributed by atoms with E-state index in [0.717, 1.165) is 31.8 Å². The lowest BCUT2D eigenvalue weighted by atomic mass is 9.57. The van der Waals surface area contributed by atoms with Crippen LogP contribution in [0.4, 0.5) is 4.79 Å². The molecular weight excluding hydrogens is 300 g/mol. The van der Waals surface area contributed by atoms with Crippen molar-refractivity contribution >= 4 is 6.03 Å². The van der Waals surface area contributed by atoms with Crippen molar-refractivity contribution in [2.24, 2.45) is 22.7 Å². The van der Waals surface area contributed by atoms with Gasteiger partial charge in [-0.15, -0.1) is 0 Å². The number of carbonyl (C=O) groups is 1. The number of nitrogens with one attached hydrogen (secondary N) is 2. The highest BCUT2D eigenvalue weighted by molar-refractivity contribution is 5.75. The highest BCUT2D eigenvalue weighted by Gasteiger charge is 2.59. The standard InChI is InChI=1S/C20H36N2O2/c1-6-19(2,3)13-7-9-14(10-8-13)21-18(23)22-16-15-11-12-24-17(15)20(16,4)5/h13-17H,6-12H2,1-5H3,(H2,21,22,23)/t13?,14?,15-,16-,17-/m1/s1. The maximum absolute atomic E-state index is 12.5.